The molecule has 0 bridgehead atoms. The maximum atomic E-state index is 6.16. The van der Waals surface area contributed by atoms with Crippen molar-refractivity contribution < 1.29 is 4.74 Å². The maximum absolute atomic E-state index is 6.16. The summed E-state index contributed by atoms with van der Waals surface area (Å²) < 4.78 is 5.78. The van der Waals surface area contributed by atoms with Crippen LogP contribution in [0.1, 0.15) is 13.3 Å². The second-order valence-electron chi connectivity index (χ2n) is 4.00. The van der Waals surface area contributed by atoms with Gasteiger partial charge in [-0.05, 0) is 48.6 Å². The number of benzene rings is 2. The minimum atomic E-state index is 0.659. The summed E-state index contributed by atoms with van der Waals surface area (Å²) in [6.07, 6.45) is 1.11. The fourth-order valence-corrected chi connectivity index (χ4v) is 2.83. The molecule has 0 atom stereocenters. The number of hydrogen-bond donors (Lipinski definition) is 0. The van der Waals surface area contributed by atoms with Crippen LogP contribution in [0.3, 0.4) is 0 Å². The lowest BCUT2D eigenvalue weighted by molar-refractivity contribution is 0.481. The minimum absolute atomic E-state index is 0.659. The standard InChI is InChI=1S/C15H14Cl2OS/c1-2-8-19-15-10-13(6-7-14(15)17)18-12-5-3-4-11(16)9-12/h3-7,9-10H,2,8H2,1H3. The molecule has 0 saturated heterocycles. The molecule has 19 heavy (non-hydrogen) atoms. The van der Waals surface area contributed by atoms with Crippen LogP contribution < -0.4 is 4.74 Å². The van der Waals surface area contributed by atoms with Crippen LogP contribution in [-0.4, -0.2) is 5.75 Å². The van der Waals surface area contributed by atoms with Gasteiger partial charge in [-0.15, -0.1) is 11.8 Å². The van der Waals surface area contributed by atoms with Crippen molar-refractivity contribution in [1.29, 1.82) is 0 Å². The van der Waals surface area contributed by atoms with Crippen LogP contribution >= 0.6 is 35.0 Å². The van der Waals surface area contributed by atoms with Crippen molar-refractivity contribution in [2.75, 3.05) is 5.75 Å². The lowest BCUT2D eigenvalue weighted by Gasteiger charge is -2.09. The smallest absolute Gasteiger partial charge is 0.128 e. The van der Waals surface area contributed by atoms with Crippen LogP contribution in [-0.2, 0) is 0 Å². The molecule has 0 radical (unpaired) electrons. The van der Waals surface area contributed by atoms with E-state index in [1.54, 1.807) is 17.8 Å². The number of hydrogen-bond acceptors (Lipinski definition) is 2. The summed E-state index contributed by atoms with van der Waals surface area (Å²) in [5.41, 5.74) is 0. The van der Waals surface area contributed by atoms with Gasteiger partial charge < -0.3 is 4.74 Å². The highest BCUT2D eigenvalue weighted by Crippen LogP contribution is 2.33. The molecule has 0 aliphatic heterocycles. The van der Waals surface area contributed by atoms with Crippen molar-refractivity contribution >= 4 is 35.0 Å². The van der Waals surface area contributed by atoms with E-state index >= 15 is 0 Å². The van der Waals surface area contributed by atoms with Gasteiger partial charge in [0.05, 0.1) is 5.02 Å². The fraction of sp³-hybridized carbons (Fsp3) is 0.200. The van der Waals surface area contributed by atoms with E-state index < -0.39 is 0 Å². The Labute approximate surface area is 127 Å². The van der Waals surface area contributed by atoms with E-state index in [-0.39, 0.29) is 0 Å². The van der Waals surface area contributed by atoms with E-state index in [0.29, 0.717) is 5.02 Å². The first kappa shape index (κ1) is 14.6. The molecule has 0 heterocycles. The molecule has 0 N–H and O–H groups in total. The van der Waals surface area contributed by atoms with Crippen LogP contribution in [0, 0.1) is 0 Å². The highest BCUT2D eigenvalue weighted by atomic mass is 35.5. The molecule has 0 spiro atoms. The summed E-state index contributed by atoms with van der Waals surface area (Å²) >= 11 is 13.8. The molecule has 4 heteroatoms. The van der Waals surface area contributed by atoms with Crippen molar-refractivity contribution in [3.8, 4) is 11.5 Å². The van der Waals surface area contributed by atoms with E-state index in [1.807, 2.05) is 36.4 Å². The third-order valence-electron chi connectivity index (χ3n) is 2.40. The van der Waals surface area contributed by atoms with E-state index in [9.17, 15) is 0 Å². The summed E-state index contributed by atoms with van der Waals surface area (Å²) in [5.74, 6) is 2.53. The Morgan fingerprint density at radius 1 is 1.05 bits per heavy atom. The second-order valence-corrected chi connectivity index (χ2v) is 5.98. The first-order chi connectivity index (χ1) is 9.19. The lowest BCUT2D eigenvalue weighted by atomic mass is 10.3. The summed E-state index contributed by atoms with van der Waals surface area (Å²) in [5, 5.41) is 1.42. The van der Waals surface area contributed by atoms with Gasteiger partial charge in [-0.25, -0.2) is 0 Å². The lowest BCUT2D eigenvalue weighted by Crippen LogP contribution is -1.86. The normalized spacial score (nSPS) is 10.5. The Morgan fingerprint density at radius 3 is 2.58 bits per heavy atom. The first-order valence-corrected chi connectivity index (χ1v) is 7.79. The molecule has 0 aromatic heterocycles. The Bertz CT molecular complexity index is 558. The van der Waals surface area contributed by atoms with Gasteiger partial charge in [-0.2, -0.15) is 0 Å². The van der Waals surface area contributed by atoms with Crippen molar-refractivity contribution in [3.05, 3.63) is 52.5 Å². The molecule has 2 aromatic rings. The zero-order chi connectivity index (χ0) is 13.7. The van der Waals surface area contributed by atoms with Crippen molar-refractivity contribution in [2.45, 2.75) is 18.2 Å². The number of halogens is 2. The molecule has 0 amide bonds. The van der Waals surface area contributed by atoms with Crippen LogP contribution in [0.15, 0.2) is 47.4 Å². The zero-order valence-electron chi connectivity index (χ0n) is 10.5. The molecule has 1 nitrogen and oxygen atoms in total. The monoisotopic (exact) mass is 312 g/mol. The summed E-state index contributed by atoms with van der Waals surface area (Å²) in [6.45, 7) is 2.15. The van der Waals surface area contributed by atoms with E-state index in [0.717, 1.165) is 33.6 Å². The van der Waals surface area contributed by atoms with Crippen molar-refractivity contribution in [3.63, 3.8) is 0 Å². The first-order valence-electron chi connectivity index (χ1n) is 6.05. The van der Waals surface area contributed by atoms with Gasteiger partial charge in [0.25, 0.3) is 0 Å². The SMILES string of the molecule is CCCSc1cc(Oc2cccc(Cl)c2)ccc1Cl. The average molecular weight is 313 g/mol. The van der Waals surface area contributed by atoms with Gasteiger partial charge in [-0.1, -0.05) is 36.2 Å². The van der Waals surface area contributed by atoms with Crippen LogP contribution in [0.2, 0.25) is 10.0 Å². The average Bonchev–Trinajstić information content (AvgIpc) is 2.39. The zero-order valence-corrected chi connectivity index (χ0v) is 12.9. The van der Waals surface area contributed by atoms with Gasteiger partial charge in [0, 0.05) is 9.92 Å². The third kappa shape index (κ3) is 4.34. The van der Waals surface area contributed by atoms with E-state index in [4.69, 9.17) is 27.9 Å². The predicted octanol–water partition coefficient (Wildman–Crippen LogP) is 6.29. The van der Waals surface area contributed by atoms with Gasteiger partial charge in [0.1, 0.15) is 11.5 Å². The van der Waals surface area contributed by atoms with Gasteiger partial charge >= 0.3 is 0 Å². The molecular weight excluding hydrogens is 299 g/mol. The highest BCUT2D eigenvalue weighted by molar-refractivity contribution is 7.99. The number of thioether (sulfide) groups is 1. The Hall–Kier alpha value is -0.830. The van der Waals surface area contributed by atoms with Crippen molar-refractivity contribution in [2.24, 2.45) is 0 Å². The number of rotatable bonds is 5. The summed E-state index contributed by atoms with van der Waals surface area (Å²) in [6, 6.07) is 13.0. The van der Waals surface area contributed by atoms with Gasteiger partial charge in [0.15, 0.2) is 0 Å². The fourth-order valence-electron chi connectivity index (χ4n) is 1.54. The summed E-state index contributed by atoms with van der Waals surface area (Å²) in [7, 11) is 0. The Morgan fingerprint density at radius 2 is 1.84 bits per heavy atom. The van der Waals surface area contributed by atoms with Gasteiger partial charge in [0.2, 0.25) is 0 Å². The minimum Gasteiger partial charge on any atom is -0.457 e. The molecule has 0 saturated carbocycles. The molecule has 2 rings (SSSR count). The van der Waals surface area contributed by atoms with E-state index in [1.165, 1.54) is 0 Å². The van der Waals surface area contributed by atoms with Crippen molar-refractivity contribution in [1.82, 2.24) is 0 Å². The Kier molecular flexibility index (Phi) is 5.44. The van der Waals surface area contributed by atoms with Crippen LogP contribution in [0.25, 0.3) is 0 Å². The van der Waals surface area contributed by atoms with Crippen LogP contribution in [0.4, 0.5) is 0 Å². The Balaban J connectivity index is 2.16. The second kappa shape index (κ2) is 7.09. The quantitative estimate of drug-likeness (QED) is 0.600. The predicted molar refractivity (Wildman–Crippen MR) is 84.0 cm³/mol. The summed E-state index contributed by atoms with van der Waals surface area (Å²) in [4.78, 5) is 1.04. The molecular formula is C15H14Cl2OS. The van der Waals surface area contributed by atoms with E-state index in [2.05, 4.69) is 6.92 Å². The van der Waals surface area contributed by atoms with Gasteiger partial charge in [-0.3, -0.25) is 0 Å². The molecule has 0 aliphatic rings. The number of ether oxygens (including phenoxy) is 1. The largest absolute Gasteiger partial charge is 0.457 e. The maximum Gasteiger partial charge on any atom is 0.128 e. The molecule has 100 valence electrons. The highest BCUT2D eigenvalue weighted by Gasteiger charge is 2.04. The molecule has 0 aliphatic carbocycles. The third-order valence-corrected chi connectivity index (χ3v) is 4.33. The van der Waals surface area contributed by atoms with Crippen LogP contribution in [0.5, 0.6) is 11.5 Å². The topological polar surface area (TPSA) is 9.23 Å². The molecule has 2 aromatic carbocycles. The molecule has 0 fully saturated rings. The molecule has 0 unspecified atom stereocenters.